The molecule has 8 N–H and O–H groups in total. The van der Waals surface area contributed by atoms with Crippen molar-refractivity contribution in [1.82, 2.24) is 31.1 Å². The van der Waals surface area contributed by atoms with Crippen LogP contribution in [-0.4, -0.2) is 115 Å². The van der Waals surface area contributed by atoms with Gasteiger partial charge in [-0.15, -0.1) is 0 Å². The van der Waals surface area contributed by atoms with Crippen molar-refractivity contribution in [1.29, 1.82) is 0 Å². The molecule has 0 aromatic rings. The van der Waals surface area contributed by atoms with Gasteiger partial charge in [0.15, 0.2) is 0 Å². The van der Waals surface area contributed by atoms with E-state index in [4.69, 9.17) is 11.5 Å². The molecule has 0 aliphatic heterocycles. The molecule has 0 amide bonds. The van der Waals surface area contributed by atoms with Crippen LogP contribution in [0.5, 0.6) is 0 Å². The van der Waals surface area contributed by atoms with E-state index in [9.17, 15) is 0 Å². The monoisotopic (exact) mass is 402 g/mol. The Bertz CT molecular complexity index is 265. The Kier molecular flexibility index (Phi) is 22.7. The summed E-state index contributed by atoms with van der Waals surface area (Å²) in [5, 5.41) is 13.9. The molecule has 0 aliphatic rings. The lowest BCUT2D eigenvalue weighted by Crippen LogP contribution is -2.41. The van der Waals surface area contributed by atoms with E-state index in [1.807, 2.05) is 0 Å². The minimum absolute atomic E-state index is 0.712. The first-order valence-electron chi connectivity index (χ1n) is 11.5. The van der Waals surface area contributed by atoms with Gasteiger partial charge in [-0.05, 0) is 25.9 Å². The molecule has 0 unspecified atom stereocenters. The second-order valence-corrected chi connectivity index (χ2v) is 7.26. The summed E-state index contributed by atoms with van der Waals surface area (Å²) >= 11 is 0. The average Bonchev–Trinajstić information content (AvgIpc) is 2.70. The number of hydrogen-bond donors (Lipinski definition) is 6. The van der Waals surface area contributed by atoms with E-state index in [1.165, 1.54) is 12.8 Å². The van der Waals surface area contributed by atoms with E-state index in [2.05, 4.69) is 44.9 Å². The first-order chi connectivity index (χ1) is 13.8. The maximum absolute atomic E-state index is 5.51. The summed E-state index contributed by atoms with van der Waals surface area (Å²) in [5.41, 5.74) is 11.0. The Hall–Kier alpha value is -0.320. The Morgan fingerprint density at radius 2 is 0.786 bits per heavy atom. The van der Waals surface area contributed by atoms with Gasteiger partial charge in [0.2, 0.25) is 0 Å². The highest BCUT2D eigenvalue weighted by Crippen LogP contribution is 1.90. The van der Waals surface area contributed by atoms with Crippen molar-refractivity contribution in [2.75, 3.05) is 105 Å². The fraction of sp³-hybridized carbons (Fsp3) is 1.00. The van der Waals surface area contributed by atoms with Crippen molar-refractivity contribution in [3.63, 3.8) is 0 Å². The van der Waals surface area contributed by atoms with Crippen LogP contribution in [0.1, 0.15) is 26.7 Å². The Labute approximate surface area is 174 Å². The van der Waals surface area contributed by atoms with Gasteiger partial charge in [-0.3, -0.25) is 0 Å². The van der Waals surface area contributed by atoms with Crippen LogP contribution in [0.2, 0.25) is 0 Å². The number of nitrogens with two attached hydrogens (primary N) is 2. The SMILES string of the molecule is CCCN(CCNCCN)CCNCCNCCN(CCC)CCNCCN. The van der Waals surface area contributed by atoms with E-state index in [1.54, 1.807) is 0 Å². The fourth-order valence-corrected chi connectivity index (χ4v) is 3.13. The second-order valence-electron chi connectivity index (χ2n) is 7.26. The van der Waals surface area contributed by atoms with E-state index in [0.717, 1.165) is 91.6 Å². The van der Waals surface area contributed by atoms with Crippen LogP contribution < -0.4 is 32.7 Å². The molecule has 8 nitrogen and oxygen atoms in total. The van der Waals surface area contributed by atoms with Crippen molar-refractivity contribution in [3.8, 4) is 0 Å². The highest BCUT2D eigenvalue weighted by Gasteiger charge is 2.04. The van der Waals surface area contributed by atoms with Gasteiger partial charge < -0.3 is 42.5 Å². The molecular weight excluding hydrogens is 352 g/mol. The summed E-state index contributed by atoms with van der Waals surface area (Å²) in [5.74, 6) is 0. The molecule has 0 aromatic carbocycles. The number of rotatable bonds is 23. The molecule has 0 radical (unpaired) electrons. The van der Waals surface area contributed by atoms with E-state index in [0.29, 0.717) is 13.1 Å². The van der Waals surface area contributed by atoms with E-state index in [-0.39, 0.29) is 0 Å². The van der Waals surface area contributed by atoms with Gasteiger partial charge in [-0.1, -0.05) is 13.8 Å². The van der Waals surface area contributed by atoms with Crippen LogP contribution in [0.3, 0.4) is 0 Å². The van der Waals surface area contributed by atoms with Crippen LogP contribution in [-0.2, 0) is 0 Å². The zero-order valence-corrected chi connectivity index (χ0v) is 18.8. The van der Waals surface area contributed by atoms with Gasteiger partial charge in [0, 0.05) is 91.6 Å². The highest BCUT2D eigenvalue weighted by molar-refractivity contribution is 4.64. The lowest BCUT2D eigenvalue weighted by molar-refractivity contribution is 0.270. The summed E-state index contributed by atoms with van der Waals surface area (Å²) in [6, 6.07) is 0. The van der Waals surface area contributed by atoms with Crippen LogP contribution in [0, 0.1) is 0 Å². The zero-order chi connectivity index (χ0) is 20.7. The molecule has 0 aliphatic carbocycles. The molecule has 0 atom stereocenters. The van der Waals surface area contributed by atoms with Crippen LogP contribution in [0.15, 0.2) is 0 Å². The minimum atomic E-state index is 0.712. The summed E-state index contributed by atoms with van der Waals surface area (Å²) in [4.78, 5) is 5.04. The molecule has 28 heavy (non-hydrogen) atoms. The fourth-order valence-electron chi connectivity index (χ4n) is 3.13. The van der Waals surface area contributed by atoms with Crippen molar-refractivity contribution >= 4 is 0 Å². The molecule has 0 bridgehead atoms. The molecule has 0 rings (SSSR count). The van der Waals surface area contributed by atoms with Gasteiger partial charge >= 0.3 is 0 Å². The molecule has 0 aromatic heterocycles. The minimum Gasteiger partial charge on any atom is -0.329 e. The van der Waals surface area contributed by atoms with Crippen molar-refractivity contribution in [2.45, 2.75) is 26.7 Å². The van der Waals surface area contributed by atoms with Gasteiger partial charge in [0.1, 0.15) is 0 Å². The first kappa shape index (κ1) is 27.7. The van der Waals surface area contributed by atoms with Gasteiger partial charge in [-0.2, -0.15) is 0 Å². The largest absolute Gasteiger partial charge is 0.329 e. The topological polar surface area (TPSA) is 107 Å². The number of nitrogens with one attached hydrogen (secondary N) is 4. The lowest BCUT2D eigenvalue weighted by atomic mass is 10.3. The number of hydrogen-bond acceptors (Lipinski definition) is 8. The summed E-state index contributed by atoms with van der Waals surface area (Å²) in [7, 11) is 0. The Morgan fingerprint density at radius 3 is 1.07 bits per heavy atom. The zero-order valence-electron chi connectivity index (χ0n) is 18.8. The predicted molar refractivity (Wildman–Crippen MR) is 123 cm³/mol. The summed E-state index contributed by atoms with van der Waals surface area (Å²) < 4.78 is 0. The number of nitrogens with zero attached hydrogens (tertiary/aromatic N) is 2. The predicted octanol–water partition coefficient (Wildman–Crippen LogP) is -1.31. The van der Waals surface area contributed by atoms with Crippen molar-refractivity contribution in [3.05, 3.63) is 0 Å². The molecule has 8 heteroatoms. The molecule has 0 saturated carbocycles. The van der Waals surface area contributed by atoms with Gasteiger partial charge in [-0.25, -0.2) is 0 Å². The third-order valence-electron chi connectivity index (χ3n) is 4.62. The highest BCUT2D eigenvalue weighted by atomic mass is 15.2. The third kappa shape index (κ3) is 19.0. The maximum Gasteiger partial charge on any atom is 0.0107 e. The standard InChI is InChI=1S/C20H50N8/c1-3-15-27(17-11-23-7-5-21)19-13-25-9-10-26-14-20-28(16-4-2)18-12-24-8-6-22/h23-26H,3-22H2,1-2H3. The molecule has 0 heterocycles. The quantitative estimate of drug-likeness (QED) is 0.117. The lowest BCUT2D eigenvalue weighted by Gasteiger charge is -2.23. The molecule has 170 valence electrons. The van der Waals surface area contributed by atoms with Crippen molar-refractivity contribution < 1.29 is 0 Å². The average molecular weight is 403 g/mol. The molecule has 0 fully saturated rings. The van der Waals surface area contributed by atoms with E-state index >= 15 is 0 Å². The smallest absolute Gasteiger partial charge is 0.0107 e. The Morgan fingerprint density at radius 1 is 0.464 bits per heavy atom. The van der Waals surface area contributed by atoms with Crippen LogP contribution in [0.4, 0.5) is 0 Å². The van der Waals surface area contributed by atoms with Crippen LogP contribution in [0.25, 0.3) is 0 Å². The van der Waals surface area contributed by atoms with E-state index < -0.39 is 0 Å². The van der Waals surface area contributed by atoms with Crippen molar-refractivity contribution in [2.24, 2.45) is 11.5 Å². The second kappa shape index (κ2) is 23.0. The Balaban J connectivity index is 3.62. The molecule has 0 saturated heterocycles. The normalized spacial score (nSPS) is 11.8. The van der Waals surface area contributed by atoms with Gasteiger partial charge in [0.05, 0.1) is 0 Å². The summed E-state index contributed by atoms with van der Waals surface area (Å²) in [6.45, 7) is 20.7. The first-order valence-corrected chi connectivity index (χ1v) is 11.5. The molecular formula is C20H50N8. The van der Waals surface area contributed by atoms with Crippen LogP contribution >= 0.6 is 0 Å². The van der Waals surface area contributed by atoms with Gasteiger partial charge in [0.25, 0.3) is 0 Å². The summed E-state index contributed by atoms with van der Waals surface area (Å²) in [6.07, 6.45) is 2.41. The third-order valence-corrected chi connectivity index (χ3v) is 4.62. The molecule has 0 spiro atoms. The maximum atomic E-state index is 5.51.